The molecule has 0 bridgehead atoms. The van der Waals surface area contributed by atoms with Gasteiger partial charge in [-0.25, -0.2) is 0 Å². The second-order valence-corrected chi connectivity index (χ2v) is 5.01. The molecule has 1 aliphatic heterocycles. The minimum absolute atomic E-state index is 0.112. The Balaban J connectivity index is 2.20. The number of aromatic nitrogens is 1. The molecule has 2 unspecified atom stereocenters. The van der Waals surface area contributed by atoms with Gasteiger partial charge in [0.15, 0.2) is 0 Å². The SMILES string of the molecule is ClCC1CCCOC1c1cncc(Br)c1. The van der Waals surface area contributed by atoms with Gasteiger partial charge in [0.2, 0.25) is 0 Å². The van der Waals surface area contributed by atoms with Crippen molar-refractivity contribution in [2.45, 2.75) is 18.9 Å². The molecule has 0 aliphatic carbocycles. The quantitative estimate of drug-likeness (QED) is 0.777. The first-order valence-corrected chi connectivity index (χ1v) is 6.42. The molecular formula is C11H13BrClNO. The summed E-state index contributed by atoms with van der Waals surface area (Å²) in [6, 6.07) is 2.06. The molecule has 2 atom stereocenters. The number of ether oxygens (including phenoxy) is 1. The molecule has 0 N–H and O–H groups in total. The van der Waals surface area contributed by atoms with E-state index in [1.165, 1.54) is 0 Å². The molecule has 0 saturated carbocycles. The van der Waals surface area contributed by atoms with Crippen molar-refractivity contribution in [2.24, 2.45) is 5.92 Å². The third-order valence-corrected chi connectivity index (χ3v) is 3.53. The molecule has 1 saturated heterocycles. The maximum Gasteiger partial charge on any atom is 0.0879 e. The first-order chi connectivity index (χ1) is 7.31. The average Bonchev–Trinajstić information content (AvgIpc) is 2.29. The van der Waals surface area contributed by atoms with Gasteiger partial charge in [-0.15, -0.1) is 11.6 Å². The molecule has 2 nitrogen and oxygen atoms in total. The summed E-state index contributed by atoms with van der Waals surface area (Å²) >= 11 is 9.37. The minimum atomic E-state index is 0.112. The highest BCUT2D eigenvalue weighted by atomic mass is 79.9. The van der Waals surface area contributed by atoms with E-state index in [2.05, 4.69) is 27.0 Å². The van der Waals surface area contributed by atoms with Crippen LogP contribution in [0.15, 0.2) is 22.9 Å². The number of nitrogens with zero attached hydrogens (tertiary/aromatic N) is 1. The van der Waals surface area contributed by atoms with Crippen LogP contribution in [0, 0.1) is 5.92 Å². The zero-order valence-corrected chi connectivity index (χ0v) is 10.7. The lowest BCUT2D eigenvalue weighted by Gasteiger charge is -2.30. The lowest BCUT2D eigenvalue weighted by molar-refractivity contribution is -0.0210. The third-order valence-electron chi connectivity index (χ3n) is 2.70. The molecule has 1 fully saturated rings. The standard InChI is InChI=1S/C11H13BrClNO/c12-10-4-9(6-14-7-10)11-8(5-13)2-1-3-15-11/h4,6-8,11H,1-3,5H2. The lowest BCUT2D eigenvalue weighted by atomic mass is 9.92. The molecule has 15 heavy (non-hydrogen) atoms. The Bertz CT molecular complexity index is 334. The third kappa shape index (κ3) is 2.71. The Labute approximate surface area is 103 Å². The van der Waals surface area contributed by atoms with Gasteiger partial charge in [0.25, 0.3) is 0 Å². The minimum Gasteiger partial charge on any atom is -0.373 e. The van der Waals surface area contributed by atoms with Crippen LogP contribution in [0.4, 0.5) is 0 Å². The molecular weight excluding hydrogens is 277 g/mol. The highest BCUT2D eigenvalue weighted by Crippen LogP contribution is 2.34. The van der Waals surface area contributed by atoms with Gasteiger partial charge < -0.3 is 4.74 Å². The van der Waals surface area contributed by atoms with Crippen LogP contribution in [0.5, 0.6) is 0 Å². The van der Waals surface area contributed by atoms with E-state index in [-0.39, 0.29) is 6.10 Å². The number of halogens is 2. The molecule has 2 rings (SSSR count). The number of rotatable bonds is 2. The highest BCUT2D eigenvalue weighted by Gasteiger charge is 2.26. The van der Waals surface area contributed by atoms with Crippen LogP contribution in [-0.2, 0) is 4.74 Å². The molecule has 2 heterocycles. The van der Waals surface area contributed by atoms with E-state index >= 15 is 0 Å². The maximum absolute atomic E-state index is 5.95. The Kier molecular flexibility index (Phi) is 4.00. The molecule has 82 valence electrons. The van der Waals surface area contributed by atoms with Crippen molar-refractivity contribution < 1.29 is 4.74 Å². The average molecular weight is 291 g/mol. The normalized spacial score (nSPS) is 26.5. The smallest absolute Gasteiger partial charge is 0.0879 e. The van der Waals surface area contributed by atoms with Crippen LogP contribution >= 0.6 is 27.5 Å². The molecule has 1 aromatic rings. The van der Waals surface area contributed by atoms with Crippen molar-refractivity contribution in [3.8, 4) is 0 Å². The van der Waals surface area contributed by atoms with Gasteiger partial charge in [0.1, 0.15) is 0 Å². The lowest BCUT2D eigenvalue weighted by Crippen LogP contribution is -2.23. The summed E-state index contributed by atoms with van der Waals surface area (Å²) in [5.74, 6) is 1.06. The molecule has 4 heteroatoms. The van der Waals surface area contributed by atoms with Crippen molar-refractivity contribution in [2.75, 3.05) is 12.5 Å². The van der Waals surface area contributed by atoms with Gasteiger partial charge in [-0.1, -0.05) is 0 Å². The zero-order chi connectivity index (χ0) is 10.7. The van der Waals surface area contributed by atoms with E-state index < -0.39 is 0 Å². The van der Waals surface area contributed by atoms with Gasteiger partial charge >= 0.3 is 0 Å². The summed E-state index contributed by atoms with van der Waals surface area (Å²) < 4.78 is 6.77. The molecule has 1 aromatic heterocycles. The van der Waals surface area contributed by atoms with Crippen LogP contribution in [-0.4, -0.2) is 17.5 Å². The largest absolute Gasteiger partial charge is 0.373 e. The maximum atomic E-state index is 5.95. The Morgan fingerprint density at radius 2 is 2.40 bits per heavy atom. The topological polar surface area (TPSA) is 22.1 Å². The summed E-state index contributed by atoms with van der Waals surface area (Å²) in [5, 5.41) is 0. The second-order valence-electron chi connectivity index (χ2n) is 3.78. The van der Waals surface area contributed by atoms with Gasteiger partial charge in [-0.05, 0) is 34.8 Å². The Hall–Kier alpha value is -0.120. The summed E-state index contributed by atoms with van der Waals surface area (Å²) in [5.41, 5.74) is 1.12. The molecule has 0 spiro atoms. The van der Waals surface area contributed by atoms with Crippen molar-refractivity contribution in [3.05, 3.63) is 28.5 Å². The van der Waals surface area contributed by atoms with Gasteiger partial charge in [-0.3, -0.25) is 4.98 Å². The summed E-state index contributed by atoms with van der Waals surface area (Å²) in [7, 11) is 0. The van der Waals surface area contributed by atoms with E-state index in [0.717, 1.165) is 29.5 Å². The monoisotopic (exact) mass is 289 g/mol. The van der Waals surface area contributed by atoms with E-state index in [4.69, 9.17) is 16.3 Å². The Morgan fingerprint density at radius 3 is 3.13 bits per heavy atom. The van der Waals surface area contributed by atoms with Crippen LogP contribution in [0.3, 0.4) is 0 Å². The highest BCUT2D eigenvalue weighted by molar-refractivity contribution is 9.10. The van der Waals surface area contributed by atoms with Crippen molar-refractivity contribution in [3.63, 3.8) is 0 Å². The van der Waals surface area contributed by atoms with Crippen LogP contribution in [0.25, 0.3) is 0 Å². The van der Waals surface area contributed by atoms with Crippen molar-refractivity contribution >= 4 is 27.5 Å². The van der Waals surface area contributed by atoms with E-state index in [9.17, 15) is 0 Å². The first-order valence-electron chi connectivity index (χ1n) is 5.09. The first kappa shape index (κ1) is 11.4. The molecule has 0 radical (unpaired) electrons. The van der Waals surface area contributed by atoms with Gasteiger partial charge in [0.05, 0.1) is 6.10 Å². The van der Waals surface area contributed by atoms with E-state index in [0.29, 0.717) is 11.8 Å². The molecule has 0 aromatic carbocycles. The van der Waals surface area contributed by atoms with E-state index in [1.54, 1.807) is 6.20 Å². The fourth-order valence-corrected chi connectivity index (χ4v) is 2.65. The fraction of sp³-hybridized carbons (Fsp3) is 0.545. The van der Waals surface area contributed by atoms with Crippen LogP contribution < -0.4 is 0 Å². The van der Waals surface area contributed by atoms with Gasteiger partial charge in [-0.2, -0.15) is 0 Å². The number of hydrogen-bond acceptors (Lipinski definition) is 2. The van der Waals surface area contributed by atoms with Gasteiger partial charge in [0, 0.05) is 40.8 Å². The number of hydrogen-bond donors (Lipinski definition) is 0. The number of alkyl halides is 1. The number of pyridine rings is 1. The van der Waals surface area contributed by atoms with E-state index in [1.807, 2.05) is 6.20 Å². The van der Waals surface area contributed by atoms with Crippen molar-refractivity contribution in [1.29, 1.82) is 0 Å². The predicted molar refractivity (Wildman–Crippen MR) is 64.1 cm³/mol. The van der Waals surface area contributed by atoms with Crippen molar-refractivity contribution in [1.82, 2.24) is 4.98 Å². The summed E-state index contributed by atoms with van der Waals surface area (Å²) in [6.45, 7) is 0.824. The molecule has 0 amide bonds. The van der Waals surface area contributed by atoms with Crippen LogP contribution in [0.1, 0.15) is 24.5 Å². The summed E-state index contributed by atoms with van der Waals surface area (Å²) in [6.07, 6.45) is 6.00. The zero-order valence-electron chi connectivity index (χ0n) is 8.33. The second kappa shape index (κ2) is 5.28. The Morgan fingerprint density at radius 1 is 1.53 bits per heavy atom. The molecule has 1 aliphatic rings. The van der Waals surface area contributed by atoms with Crippen LogP contribution in [0.2, 0.25) is 0 Å². The predicted octanol–water partition coefficient (Wildman–Crippen LogP) is 3.55. The fourth-order valence-electron chi connectivity index (χ4n) is 1.95. The summed E-state index contributed by atoms with van der Waals surface area (Å²) in [4.78, 5) is 4.16.